The average Bonchev–Trinajstić information content (AvgIpc) is 2.86. The first-order valence-electron chi connectivity index (χ1n) is 7.53. The number of aliphatic hydroxyl groups excluding tert-OH is 1. The van der Waals surface area contributed by atoms with Crippen LogP contribution in [0.5, 0.6) is 0 Å². The molecule has 0 spiro atoms. The molecule has 0 aliphatic carbocycles. The minimum Gasteiger partial charge on any atom is -0.459 e. The molecule has 0 fully saturated rings. The third kappa shape index (κ3) is 3.55. The highest BCUT2D eigenvalue weighted by Gasteiger charge is 2.36. The number of fused-ring (bicyclic) bond motifs is 1. The van der Waals surface area contributed by atoms with Gasteiger partial charge >= 0.3 is 5.97 Å². The van der Waals surface area contributed by atoms with Gasteiger partial charge in [-0.2, -0.15) is 0 Å². The largest absolute Gasteiger partial charge is 0.459 e. The Kier molecular flexibility index (Phi) is 4.83. The van der Waals surface area contributed by atoms with Gasteiger partial charge in [0.15, 0.2) is 0 Å². The predicted molar refractivity (Wildman–Crippen MR) is 89.6 cm³/mol. The number of ether oxygens (including phenoxy) is 1. The summed E-state index contributed by atoms with van der Waals surface area (Å²) in [6, 6.07) is 12.5. The van der Waals surface area contributed by atoms with Crippen LogP contribution in [-0.4, -0.2) is 47.0 Å². The van der Waals surface area contributed by atoms with Gasteiger partial charge in [-0.15, -0.1) is 0 Å². The molecule has 0 saturated carbocycles. The maximum atomic E-state index is 12.2. The van der Waals surface area contributed by atoms with Crippen molar-refractivity contribution in [2.45, 2.75) is 6.10 Å². The van der Waals surface area contributed by atoms with E-state index in [0.717, 1.165) is 4.90 Å². The summed E-state index contributed by atoms with van der Waals surface area (Å²) in [5, 5.41) is 10.5. The summed E-state index contributed by atoms with van der Waals surface area (Å²) in [6.45, 7) is -0.588. The number of benzene rings is 2. The summed E-state index contributed by atoms with van der Waals surface area (Å²) < 4.78 is 5.01. The fraction of sp³-hybridized carbons (Fsp3) is 0.167. The third-order valence-corrected chi connectivity index (χ3v) is 4.01. The summed E-state index contributed by atoms with van der Waals surface area (Å²) in [6.07, 6.45) is -1.18. The fourth-order valence-corrected chi connectivity index (χ4v) is 2.64. The Morgan fingerprint density at radius 2 is 1.60 bits per heavy atom. The number of halogens is 1. The molecule has 0 unspecified atom stereocenters. The number of imide groups is 1. The Morgan fingerprint density at radius 1 is 1.04 bits per heavy atom. The molecule has 0 aromatic heterocycles. The summed E-state index contributed by atoms with van der Waals surface area (Å²) in [7, 11) is 0. The maximum absolute atomic E-state index is 12.2. The lowest BCUT2D eigenvalue weighted by Gasteiger charge is -2.18. The molecule has 1 aliphatic heterocycles. The van der Waals surface area contributed by atoms with Crippen molar-refractivity contribution in [1.82, 2.24) is 4.90 Å². The Bertz CT molecular complexity index is 799. The van der Waals surface area contributed by atoms with E-state index in [4.69, 9.17) is 16.3 Å². The number of carbonyl (C=O) groups excluding carboxylic acids is 3. The van der Waals surface area contributed by atoms with Crippen LogP contribution in [-0.2, 0) is 4.74 Å². The number of hydrogen-bond acceptors (Lipinski definition) is 5. The second-order valence-corrected chi connectivity index (χ2v) is 5.96. The number of rotatable bonds is 5. The van der Waals surface area contributed by atoms with Crippen molar-refractivity contribution >= 4 is 29.4 Å². The number of β-amino-alcohol motifs (C(OH)–C–C–N with tert-alkyl or cyclic N) is 1. The van der Waals surface area contributed by atoms with E-state index >= 15 is 0 Å². The van der Waals surface area contributed by atoms with Crippen LogP contribution in [0.4, 0.5) is 0 Å². The van der Waals surface area contributed by atoms with Crippen molar-refractivity contribution in [3.8, 4) is 0 Å². The quantitative estimate of drug-likeness (QED) is 0.653. The topological polar surface area (TPSA) is 83.9 Å². The van der Waals surface area contributed by atoms with Crippen molar-refractivity contribution in [3.63, 3.8) is 0 Å². The van der Waals surface area contributed by atoms with E-state index in [2.05, 4.69) is 0 Å². The van der Waals surface area contributed by atoms with Crippen molar-refractivity contribution in [3.05, 3.63) is 70.2 Å². The second kappa shape index (κ2) is 7.04. The van der Waals surface area contributed by atoms with Gasteiger partial charge < -0.3 is 9.84 Å². The zero-order chi connectivity index (χ0) is 18.0. The molecule has 1 aliphatic rings. The molecule has 128 valence electrons. The van der Waals surface area contributed by atoms with Gasteiger partial charge in [-0.25, -0.2) is 4.79 Å². The van der Waals surface area contributed by atoms with Crippen LogP contribution in [0, 0.1) is 0 Å². The van der Waals surface area contributed by atoms with Crippen molar-refractivity contribution in [1.29, 1.82) is 0 Å². The average molecular weight is 360 g/mol. The van der Waals surface area contributed by atoms with Gasteiger partial charge in [-0.05, 0) is 36.4 Å². The van der Waals surface area contributed by atoms with Gasteiger partial charge in [-0.3, -0.25) is 14.5 Å². The molecular formula is C18H14ClNO5. The standard InChI is InChI=1S/C18H14ClNO5/c19-12-7-5-11(6-8-12)18(24)25-10-13(21)9-20-16(22)14-3-1-2-4-15(14)17(20)23/h1-8,13,21H,9-10H2/t13-/m0/s1. The molecule has 3 rings (SSSR count). The van der Waals surface area contributed by atoms with Gasteiger partial charge in [0.05, 0.1) is 23.2 Å². The summed E-state index contributed by atoms with van der Waals surface area (Å²) >= 11 is 5.74. The third-order valence-electron chi connectivity index (χ3n) is 3.76. The van der Waals surface area contributed by atoms with Crippen LogP contribution in [0.3, 0.4) is 0 Å². The highest BCUT2D eigenvalue weighted by Crippen LogP contribution is 2.22. The molecule has 1 atom stereocenters. The van der Waals surface area contributed by atoms with Crippen molar-refractivity contribution in [2.75, 3.05) is 13.2 Å². The number of hydrogen-bond donors (Lipinski definition) is 1. The number of esters is 1. The Morgan fingerprint density at radius 3 is 2.16 bits per heavy atom. The molecule has 25 heavy (non-hydrogen) atoms. The molecule has 0 bridgehead atoms. The number of amides is 2. The molecule has 6 nitrogen and oxygen atoms in total. The van der Waals surface area contributed by atoms with E-state index in [-0.39, 0.29) is 18.7 Å². The lowest BCUT2D eigenvalue weighted by atomic mass is 10.1. The van der Waals surface area contributed by atoms with Gasteiger partial charge in [0, 0.05) is 5.02 Å². The first-order valence-corrected chi connectivity index (χ1v) is 7.91. The summed E-state index contributed by atoms with van der Waals surface area (Å²) in [5.41, 5.74) is 0.896. The Hall–Kier alpha value is -2.70. The van der Waals surface area contributed by atoms with E-state index in [1.54, 1.807) is 36.4 Å². The molecule has 0 saturated heterocycles. The maximum Gasteiger partial charge on any atom is 0.338 e. The molecule has 2 aromatic rings. The number of aliphatic hydroxyl groups is 1. The van der Waals surface area contributed by atoms with Crippen LogP contribution in [0.25, 0.3) is 0 Å². The molecule has 1 heterocycles. The van der Waals surface area contributed by atoms with E-state index in [9.17, 15) is 19.5 Å². The highest BCUT2D eigenvalue weighted by atomic mass is 35.5. The first-order chi connectivity index (χ1) is 12.0. The molecule has 7 heteroatoms. The summed E-state index contributed by atoms with van der Waals surface area (Å²) in [5.74, 6) is -1.56. The van der Waals surface area contributed by atoms with E-state index in [1.165, 1.54) is 12.1 Å². The van der Waals surface area contributed by atoms with E-state index < -0.39 is 23.9 Å². The van der Waals surface area contributed by atoms with Crippen LogP contribution in [0.2, 0.25) is 5.02 Å². The number of nitrogens with zero attached hydrogens (tertiary/aromatic N) is 1. The predicted octanol–water partition coefficient (Wildman–Crippen LogP) is 2.15. The zero-order valence-corrected chi connectivity index (χ0v) is 13.8. The van der Waals surface area contributed by atoms with Crippen LogP contribution >= 0.6 is 11.6 Å². The van der Waals surface area contributed by atoms with E-state index in [0.29, 0.717) is 16.1 Å². The minimum atomic E-state index is -1.18. The first kappa shape index (κ1) is 17.1. The molecule has 2 aromatic carbocycles. The lowest BCUT2D eigenvalue weighted by Crippen LogP contribution is -2.39. The monoisotopic (exact) mass is 359 g/mol. The molecular weight excluding hydrogens is 346 g/mol. The van der Waals surface area contributed by atoms with Crippen LogP contribution in [0.15, 0.2) is 48.5 Å². The van der Waals surface area contributed by atoms with Crippen molar-refractivity contribution < 1.29 is 24.2 Å². The van der Waals surface area contributed by atoms with Gasteiger partial charge in [-0.1, -0.05) is 23.7 Å². The molecule has 1 N–H and O–H groups in total. The molecule has 2 amide bonds. The number of carbonyl (C=O) groups is 3. The summed E-state index contributed by atoms with van der Waals surface area (Å²) in [4.78, 5) is 37.2. The van der Waals surface area contributed by atoms with E-state index in [1.807, 2.05) is 0 Å². The zero-order valence-electron chi connectivity index (χ0n) is 13.0. The SMILES string of the molecule is O=C(OC[C@@H](O)CN1C(=O)c2ccccc2C1=O)c1ccc(Cl)cc1. The van der Waals surface area contributed by atoms with Crippen LogP contribution in [0.1, 0.15) is 31.1 Å². The molecule has 0 radical (unpaired) electrons. The normalized spacial score (nSPS) is 14.4. The van der Waals surface area contributed by atoms with Crippen LogP contribution < -0.4 is 0 Å². The second-order valence-electron chi connectivity index (χ2n) is 5.53. The lowest BCUT2D eigenvalue weighted by molar-refractivity contribution is 0.0169. The van der Waals surface area contributed by atoms with Gasteiger partial charge in [0.25, 0.3) is 11.8 Å². The smallest absolute Gasteiger partial charge is 0.338 e. The highest BCUT2D eigenvalue weighted by molar-refractivity contribution is 6.30. The van der Waals surface area contributed by atoms with Gasteiger partial charge in [0.2, 0.25) is 0 Å². The fourth-order valence-electron chi connectivity index (χ4n) is 2.51. The van der Waals surface area contributed by atoms with Crippen molar-refractivity contribution in [2.24, 2.45) is 0 Å². The van der Waals surface area contributed by atoms with Gasteiger partial charge in [0.1, 0.15) is 12.7 Å². The Balaban J connectivity index is 1.57. The minimum absolute atomic E-state index is 0.250. The Labute approximate surface area is 148 Å².